The number of benzene rings is 2. The Morgan fingerprint density at radius 3 is 1.87 bits per heavy atom. The quantitative estimate of drug-likeness (QED) is 0.438. The van der Waals surface area contributed by atoms with E-state index in [4.69, 9.17) is 11.5 Å². The molecule has 0 bridgehead atoms. The summed E-state index contributed by atoms with van der Waals surface area (Å²) in [6.07, 6.45) is 0. The van der Waals surface area contributed by atoms with Crippen LogP contribution < -0.4 is 11.5 Å². The van der Waals surface area contributed by atoms with Crippen molar-refractivity contribution in [2.75, 3.05) is 11.5 Å². The standard InChI is InChI=1S/C12H12N2O6S2.H2O/c13-9-6-5-8(12(11(9)14)22(18,19)20)7-3-1-2-4-10(7)21(15,16)17;/h1-6H,13-14H2,(H,15,16,17)(H,18,19,20);1H2. The Labute approximate surface area is 132 Å². The van der Waals surface area contributed by atoms with E-state index < -0.39 is 35.7 Å². The fourth-order valence-corrected chi connectivity index (χ4v) is 3.58. The first-order chi connectivity index (χ1) is 10.0. The Morgan fingerprint density at radius 2 is 1.35 bits per heavy atom. The van der Waals surface area contributed by atoms with Crippen LogP contribution in [-0.2, 0) is 20.2 Å². The first kappa shape index (κ1) is 18.9. The van der Waals surface area contributed by atoms with Crippen LogP contribution in [0.2, 0.25) is 0 Å². The highest BCUT2D eigenvalue weighted by atomic mass is 32.2. The summed E-state index contributed by atoms with van der Waals surface area (Å²) in [5.41, 5.74) is 10.3. The molecular weight excluding hydrogens is 348 g/mol. The minimum absolute atomic E-state index is 0. The van der Waals surface area contributed by atoms with Crippen molar-refractivity contribution in [3.63, 3.8) is 0 Å². The third-order valence-electron chi connectivity index (χ3n) is 2.94. The summed E-state index contributed by atoms with van der Waals surface area (Å²) < 4.78 is 64.6. The van der Waals surface area contributed by atoms with Crippen molar-refractivity contribution in [1.29, 1.82) is 0 Å². The van der Waals surface area contributed by atoms with Crippen LogP contribution >= 0.6 is 0 Å². The highest BCUT2D eigenvalue weighted by molar-refractivity contribution is 7.86. The lowest BCUT2D eigenvalue weighted by Crippen LogP contribution is -2.09. The topological polar surface area (TPSA) is 192 Å². The van der Waals surface area contributed by atoms with Gasteiger partial charge in [0.05, 0.1) is 11.4 Å². The number of anilines is 2. The summed E-state index contributed by atoms with van der Waals surface area (Å²) >= 11 is 0. The fourth-order valence-electron chi connectivity index (χ4n) is 2.02. The monoisotopic (exact) mass is 362 g/mol. The van der Waals surface area contributed by atoms with Gasteiger partial charge in [-0.2, -0.15) is 16.8 Å². The van der Waals surface area contributed by atoms with Crippen molar-refractivity contribution < 1.29 is 31.4 Å². The molecule has 0 saturated heterocycles. The van der Waals surface area contributed by atoms with Crippen LogP contribution in [0.15, 0.2) is 46.2 Å². The maximum Gasteiger partial charge on any atom is 0.297 e. The number of hydrogen-bond acceptors (Lipinski definition) is 6. The van der Waals surface area contributed by atoms with Crippen molar-refractivity contribution in [3.8, 4) is 11.1 Å². The van der Waals surface area contributed by atoms with E-state index in [1.54, 1.807) is 0 Å². The predicted molar refractivity (Wildman–Crippen MR) is 83.9 cm³/mol. The third kappa shape index (κ3) is 3.60. The van der Waals surface area contributed by atoms with Crippen molar-refractivity contribution in [2.24, 2.45) is 0 Å². The molecular formula is C12H14N2O7S2. The summed E-state index contributed by atoms with van der Waals surface area (Å²) in [5.74, 6) is 0. The Bertz CT molecular complexity index is 953. The molecule has 23 heavy (non-hydrogen) atoms. The van der Waals surface area contributed by atoms with Crippen LogP contribution in [0, 0.1) is 0 Å². The molecule has 0 aliphatic heterocycles. The van der Waals surface area contributed by atoms with Crippen molar-refractivity contribution >= 4 is 31.6 Å². The molecule has 9 nitrogen and oxygen atoms in total. The van der Waals surface area contributed by atoms with E-state index in [0.29, 0.717) is 0 Å². The molecule has 11 heteroatoms. The maximum atomic E-state index is 11.6. The van der Waals surface area contributed by atoms with Crippen LogP contribution in [-0.4, -0.2) is 31.4 Å². The van der Waals surface area contributed by atoms with Gasteiger partial charge in [0.25, 0.3) is 20.2 Å². The summed E-state index contributed by atoms with van der Waals surface area (Å²) in [7, 11) is -9.39. The molecule has 0 amide bonds. The van der Waals surface area contributed by atoms with Gasteiger partial charge in [0.1, 0.15) is 9.79 Å². The molecule has 2 rings (SSSR count). The van der Waals surface area contributed by atoms with E-state index >= 15 is 0 Å². The van der Waals surface area contributed by atoms with Gasteiger partial charge in [-0.25, -0.2) is 0 Å². The molecule has 2 aromatic rings. The molecule has 126 valence electrons. The number of nitrogens with two attached hydrogens (primary N) is 2. The van der Waals surface area contributed by atoms with E-state index in [9.17, 15) is 25.9 Å². The average molecular weight is 362 g/mol. The first-order valence-corrected chi connectivity index (χ1v) is 8.64. The average Bonchev–Trinajstić information content (AvgIpc) is 2.39. The molecule has 0 heterocycles. The largest absolute Gasteiger partial charge is 0.412 e. The predicted octanol–water partition coefficient (Wildman–Crippen LogP) is 0.187. The normalized spacial score (nSPS) is 11.7. The minimum Gasteiger partial charge on any atom is -0.412 e. The van der Waals surface area contributed by atoms with Crippen LogP contribution in [0.3, 0.4) is 0 Å². The number of rotatable bonds is 3. The van der Waals surface area contributed by atoms with Gasteiger partial charge in [-0.1, -0.05) is 24.3 Å². The Balaban J connectivity index is 0.00000264. The van der Waals surface area contributed by atoms with Crippen molar-refractivity contribution in [1.82, 2.24) is 0 Å². The van der Waals surface area contributed by atoms with E-state index in [2.05, 4.69) is 0 Å². The number of hydrogen-bond donors (Lipinski definition) is 4. The molecule has 0 unspecified atom stereocenters. The second kappa shape index (κ2) is 6.14. The fraction of sp³-hybridized carbons (Fsp3) is 0. The highest BCUT2D eigenvalue weighted by Crippen LogP contribution is 2.37. The number of nitrogen functional groups attached to an aromatic ring is 2. The summed E-state index contributed by atoms with van der Waals surface area (Å²) in [6.45, 7) is 0. The summed E-state index contributed by atoms with van der Waals surface area (Å²) in [4.78, 5) is -1.24. The van der Waals surface area contributed by atoms with E-state index in [1.807, 2.05) is 0 Å². The summed E-state index contributed by atoms with van der Waals surface area (Å²) in [6, 6.07) is 7.59. The van der Waals surface area contributed by atoms with Crippen LogP contribution in [0.25, 0.3) is 11.1 Å². The van der Waals surface area contributed by atoms with Gasteiger partial charge in [-0.3, -0.25) is 9.11 Å². The van der Waals surface area contributed by atoms with Gasteiger partial charge in [0, 0.05) is 11.1 Å². The molecule has 0 saturated carbocycles. The molecule has 0 aromatic heterocycles. The van der Waals surface area contributed by atoms with E-state index in [0.717, 1.165) is 6.07 Å². The molecule has 2 aromatic carbocycles. The van der Waals surface area contributed by atoms with E-state index in [1.165, 1.54) is 30.3 Å². The van der Waals surface area contributed by atoms with Crippen molar-refractivity contribution in [2.45, 2.75) is 9.79 Å². The summed E-state index contributed by atoms with van der Waals surface area (Å²) in [5, 5.41) is 0. The molecule has 0 fully saturated rings. The minimum atomic E-state index is -4.78. The molecule has 0 aliphatic rings. The SMILES string of the molecule is Nc1ccc(-c2ccccc2S(=O)(=O)O)c(S(=O)(=O)O)c1N.O. The van der Waals surface area contributed by atoms with Crippen molar-refractivity contribution in [3.05, 3.63) is 36.4 Å². The second-order valence-corrected chi connectivity index (χ2v) is 7.14. The molecule has 0 radical (unpaired) electrons. The van der Waals surface area contributed by atoms with Gasteiger partial charge in [0.2, 0.25) is 0 Å². The van der Waals surface area contributed by atoms with Gasteiger partial charge >= 0.3 is 0 Å². The Hall–Kier alpha value is -2.18. The first-order valence-electron chi connectivity index (χ1n) is 5.76. The zero-order chi connectivity index (χ0) is 16.7. The lowest BCUT2D eigenvalue weighted by molar-refractivity contribution is 0.480. The Morgan fingerprint density at radius 1 is 0.783 bits per heavy atom. The van der Waals surface area contributed by atoms with Gasteiger partial charge in [-0.05, 0) is 12.1 Å². The van der Waals surface area contributed by atoms with Gasteiger partial charge in [-0.15, -0.1) is 0 Å². The zero-order valence-electron chi connectivity index (χ0n) is 11.5. The molecule has 8 N–H and O–H groups in total. The second-order valence-electron chi connectivity index (χ2n) is 4.39. The van der Waals surface area contributed by atoms with Crippen LogP contribution in [0.4, 0.5) is 11.4 Å². The van der Waals surface area contributed by atoms with Crippen LogP contribution in [0.5, 0.6) is 0 Å². The maximum absolute atomic E-state index is 11.6. The smallest absolute Gasteiger partial charge is 0.297 e. The van der Waals surface area contributed by atoms with E-state index in [-0.39, 0.29) is 22.3 Å². The Kier molecular flexibility index (Phi) is 5.03. The molecule has 0 spiro atoms. The molecule has 0 aliphatic carbocycles. The lowest BCUT2D eigenvalue weighted by atomic mass is 10.0. The highest BCUT2D eigenvalue weighted by Gasteiger charge is 2.25. The zero-order valence-corrected chi connectivity index (χ0v) is 13.1. The lowest BCUT2D eigenvalue weighted by Gasteiger charge is -2.14. The van der Waals surface area contributed by atoms with Crippen LogP contribution in [0.1, 0.15) is 0 Å². The van der Waals surface area contributed by atoms with Gasteiger partial charge in [0.15, 0.2) is 0 Å². The third-order valence-corrected chi connectivity index (χ3v) is 4.81. The molecule has 0 atom stereocenters. The van der Waals surface area contributed by atoms with Gasteiger partial charge < -0.3 is 16.9 Å².